The molecule has 0 aliphatic heterocycles. The highest BCUT2D eigenvalue weighted by Crippen LogP contribution is 2.31. The Morgan fingerprint density at radius 1 is 1.18 bits per heavy atom. The normalized spacial score (nSPS) is 22.1. The summed E-state index contributed by atoms with van der Waals surface area (Å²) >= 11 is 6.24. The second kappa shape index (κ2) is 10.6. The molecule has 0 radical (unpaired) electrons. The first kappa shape index (κ1) is 25.8. The van der Waals surface area contributed by atoms with Crippen molar-refractivity contribution >= 4 is 23.4 Å². The molecule has 9 nitrogen and oxygen atoms in total. The van der Waals surface area contributed by atoms with Crippen LogP contribution < -0.4 is 15.4 Å². The number of anilines is 2. The minimum Gasteiger partial charge on any atom is -0.481 e. The summed E-state index contributed by atoms with van der Waals surface area (Å²) in [6.45, 7) is -0.0170. The molecule has 0 bridgehead atoms. The number of aliphatic hydroxyl groups is 3. The van der Waals surface area contributed by atoms with Gasteiger partial charge in [0, 0.05) is 24.2 Å². The Hall–Kier alpha value is -2.85. The molecule has 34 heavy (non-hydrogen) atoms. The summed E-state index contributed by atoms with van der Waals surface area (Å²) in [6.07, 6.45) is -6.78. The number of methoxy groups -OCH3 is 1. The standard InChI is InChI=1S/C21H23ClF3N5O4/c1-10-11(4-6-15(27-10)34-2)3-5-13-18(22)29-20(26-9-21(23,24)25)30-19(13)28-14-7-12(8-31)16(32)17(14)33/h4,6,12,14,16-17,31-33H,7-9H2,1-2H3,(H2,26,28,29,30)/t12-,14?,16-,17+/m1/s1. The number of ether oxygens (including phenoxy) is 1. The lowest BCUT2D eigenvalue weighted by molar-refractivity contribution is -0.115. The number of nitrogens with one attached hydrogen (secondary N) is 2. The van der Waals surface area contributed by atoms with Gasteiger partial charge in [0.25, 0.3) is 0 Å². The number of aliphatic hydroxyl groups excluding tert-OH is 3. The second-order valence-electron chi connectivity index (χ2n) is 7.68. The Morgan fingerprint density at radius 2 is 1.91 bits per heavy atom. The molecule has 2 aromatic rings. The van der Waals surface area contributed by atoms with Gasteiger partial charge in [-0.1, -0.05) is 23.4 Å². The maximum atomic E-state index is 12.6. The molecule has 13 heteroatoms. The summed E-state index contributed by atoms with van der Waals surface area (Å²) in [7, 11) is 1.48. The van der Waals surface area contributed by atoms with Crippen LogP contribution in [0.2, 0.25) is 5.15 Å². The van der Waals surface area contributed by atoms with Gasteiger partial charge in [0.05, 0.1) is 24.9 Å². The minimum absolute atomic E-state index is 0.0360. The van der Waals surface area contributed by atoms with Crippen molar-refractivity contribution in [1.29, 1.82) is 0 Å². The molecular weight excluding hydrogens is 479 g/mol. The molecule has 4 atom stereocenters. The van der Waals surface area contributed by atoms with Gasteiger partial charge >= 0.3 is 6.18 Å². The summed E-state index contributed by atoms with van der Waals surface area (Å²) < 4.78 is 43.0. The number of aromatic nitrogens is 3. The van der Waals surface area contributed by atoms with Crippen molar-refractivity contribution in [3.05, 3.63) is 34.1 Å². The van der Waals surface area contributed by atoms with Gasteiger partial charge in [-0.3, -0.25) is 0 Å². The van der Waals surface area contributed by atoms with Gasteiger partial charge in [-0.2, -0.15) is 23.1 Å². The number of pyridine rings is 1. The van der Waals surface area contributed by atoms with E-state index in [-0.39, 0.29) is 29.6 Å². The van der Waals surface area contributed by atoms with Crippen LogP contribution in [0.5, 0.6) is 5.88 Å². The molecule has 1 saturated carbocycles. The number of aryl methyl sites for hydroxylation is 1. The van der Waals surface area contributed by atoms with Crippen LogP contribution in [0.4, 0.5) is 24.9 Å². The molecule has 0 saturated heterocycles. The summed E-state index contributed by atoms with van der Waals surface area (Å²) in [4.78, 5) is 12.1. The van der Waals surface area contributed by atoms with Gasteiger partial charge in [0.2, 0.25) is 11.8 Å². The number of rotatable bonds is 6. The van der Waals surface area contributed by atoms with Gasteiger partial charge in [0.15, 0.2) is 5.15 Å². The summed E-state index contributed by atoms with van der Waals surface area (Å²) in [5, 5.41) is 34.5. The van der Waals surface area contributed by atoms with Crippen molar-refractivity contribution in [2.45, 2.75) is 37.8 Å². The number of hydrogen-bond acceptors (Lipinski definition) is 9. The fourth-order valence-electron chi connectivity index (χ4n) is 3.44. The number of alkyl halides is 3. The molecule has 1 aliphatic rings. The Balaban J connectivity index is 1.98. The average molecular weight is 502 g/mol. The fraction of sp³-hybridized carbons (Fsp3) is 0.476. The van der Waals surface area contributed by atoms with Crippen molar-refractivity contribution in [1.82, 2.24) is 15.0 Å². The van der Waals surface area contributed by atoms with E-state index in [1.807, 2.05) is 0 Å². The lowest BCUT2D eigenvalue weighted by atomic mass is 10.1. The molecular formula is C21H23ClF3N5O4. The van der Waals surface area contributed by atoms with Crippen molar-refractivity contribution < 1.29 is 33.2 Å². The molecule has 1 fully saturated rings. The van der Waals surface area contributed by atoms with Crippen molar-refractivity contribution in [3.63, 3.8) is 0 Å². The van der Waals surface area contributed by atoms with E-state index in [1.54, 1.807) is 19.1 Å². The largest absolute Gasteiger partial charge is 0.481 e. The van der Waals surface area contributed by atoms with E-state index in [4.69, 9.17) is 16.3 Å². The third-order valence-electron chi connectivity index (χ3n) is 5.26. The molecule has 0 spiro atoms. The second-order valence-corrected chi connectivity index (χ2v) is 8.04. The topological polar surface area (TPSA) is 133 Å². The average Bonchev–Trinajstić information content (AvgIpc) is 3.05. The van der Waals surface area contributed by atoms with E-state index in [9.17, 15) is 28.5 Å². The zero-order valence-electron chi connectivity index (χ0n) is 18.2. The van der Waals surface area contributed by atoms with Crippen LogP contribution in [0.3, 0.4) is 0 Å². The van der Waals surface area contributed by atoms with Crippen molar-refractivity contribution in [2.24, 2.45) is 5.92 Å². The highest BCUT2D eigenvalue weighted by atomic mass is 35.5. The predicted molar refractivity (Wildman–Crippen MR) is 118 cm³/mol. The number of nitrogens with zero attached hydrogens (tertiary/aromatic N) is 3. The monoisotopic (exact) mass is 501 g/mol. The van der Waals surface area contributed by atoms with Crippen LogP contribution in [0.1, 0.15) is 23.2 Å². The minimum atomic E-state index is -4.51. The zero-order chi connectivity index (χ0) is 25.0. The van der Waals surface area contributed by atoms with Crippen LogP contribution >= 0.6 is 11.6 Å². The van der Waals surface area contributed by atoms with Gasteiger partial charge in [-0.15, -0.1) is 0 Å². The molecule has 0 aromatic carbocycles. The first-order valence-corrected chi connectivity index (χ1v) is 10.6. The molecule has 2 heterocycles. The Kier molecular flexibility index (Phi) is 8.04. The SMILES string of the molecule is COc1ccc(C#Cc2c(Cl)nc(NCC(F)(F)F)nc2NC2C[C@H](CO)[C@@H](O)[C@H]2O)c(C)n1. The van der Waals surface area contributed by atoms with Gasteiger partial charge in [-0.25, -0.2) is 4.98 Å². The number of halogens is 4. The predicted octanol–water partition coefficient (Wildman–Crippen LogP) is 1.73. The third kappa shape index (κ3) is 6.18. The number of hydrogen-bond donors (Lipinski definition) is 5. The van der Waals surface area contributed by atoms with Gasteiger partial charge in [-0.05, 0) is 19.4 Å². The van der Waals surface area contributed by atoms with Crippen LogP contribution in [0, 0.1) is 24.7 Å². The molecule has 3 rings (SSSR count). The maximum Gasteiger partial charge on any atom is 0.405 e. The third-order valence-corrected chi connectivity index (χ3v) is 5.54. The van der Waals surface area contributed by atoms with Crippen molar-refractivity contribution in [2.75, 3.05) is 30.9 Å². The maximum absolute atomic E-state index is 12.6. The Bertz CT molecular complexity index is 1090. The van der Waals surface area contributed by atoms with Gasteiger partial charge < -0.3 is 30.7 Å². The van der Waals surface area contributed by atoms with E-state index in [0.29, 0.717) is 17.1 Å². The highest BCUT2D eigenvalue weighted by Gasteiger charge is 2.41. The molecule has 184 valence electrons. The van der Waals surface area contributed by atoms with E-state index in [1.165, 1.54) is 7.11 Å². The first-order chi connectivity index (χ1) is 16.0. The summed E-state index contributed by atoms with van der Waals surface area (Å²) in [5.41, 5.74) is 1.18. The highest BCUT2D eigenvalue weighted by molar-refractivity contribution is 6.31. The van der Waals surface area contributed by atoms with Crippen molar-refractivity contribution in [3.8, 4) is 17.7 Å². The molecule has 1 aliphatic carbocycles. The van der Waals surface area contributed by atoms with Crippen LogP contribution in [0.25, 0.3) is 0 Å². The fourth-order valence-corrected chi connectivity index (χ4v) is 3.66. The van der Waals surface area contributed by atoms with Gasteiger partial charge in [0.1, 0.15) is 24.0 Å². The van der Waals surface area contributed by atoms with Crippen LogP contribution in [-0.2, 0) is 0 Å². The zero-order valence-corrected chi connectivity index (χ0v) is 18.9. The summed E-state index contributed by atoms with van der Waals surface area (Å²) in [5.74, 6) is 5.06. The van der Waals surface area contributed by atoms with E-state index in [2.05, 4.69) is 37.4 Å². The lowest BCUT2D eigenvalue weighted by Gasteiger charge is -2.20. The lowest BCUT2D eigenvalue weighted by Crippen LogP contribution is -2.36. The van der Waals surface area contributed by atoms with E-state index < -0.39 is 42.8 Å². The Labute approximate surface area is 198 Å². The Morgan fingerprint density at radius 3 is 2.50 bits per heavy atom. The smallest absolute Gasteiger partial charge is 0.405 e. The van der Waals surface area contributed by atoms with Crippen LogP contribution in [0.15, 0.2) is 12.1 Å². The van der Waals surface area contributed by atoms with E-state index >= 15 is 0 Å². The molecule has 2 aromatic heterocycles. The first-order valence-electron chi connectivity index (χ1n) is 10.2. The molecule has 1 unspecified atom stereocenters. The summed E-state index contributed by atoms with van der Waals surface area (Å²) in [6, 6.07) is 2.53. The van der Waals surface area contributed by atoms with Crippen LogP contribution in [-0.4, -0.2) is 75.0 Å². The quantitative estimate of drug-likeness (QED) is 0.296. The molecule has 0 amide bonds. The van der Waals surface area contributed by atoms with E-state index in [0.717, 1.165) is 0 Å². The molecule has 5 N–H and O–H groups in total.